The molecule has 4 nitrogen and oxygen atoms in total. The standard InChI is InChI=1S/C22H23NO3/c1-13-9-14(2)20(15(3)10-13)21-18(25-4)12-16(22(21)24)11-17-7-6-8-19(23-17)26-5/h6-11H,12H2,1-5H3. The van der Waals surface area contributed by atoms with Gasteiger partial charge in [-0.05, 0) is 49.6 Å². The molecule has 0 bridgehead atoms. The van der Waals surface area contributed by atoms with Crippen LogP contribution in [0.5, 0.6) is 5.88 Å². The normalized spacial score (nSPS) is 15.7. The minimum absolute atomic E-state index is 0.00141. The number of hydrogen-bond donors (Lipinski definition) is 0. The molecule has 1 aliphatic carbocycles. The highest BCUT2D eigenvalue weighted by molar-refractivity contribution is 6.33. The Hall–Kier alpha value is -2.88. The van der Waals surface area contributed by atoms with Gasteiger partial charge in [-0.1, -0.05) is 23.8 Å². The smallest absolute Gasteiger partial charge is 0.213 e. The molecular formula is C22H23NO3. The molecule has 134 valence electrons. The van der Waals surface area contributed by atoms with E-state index in [4.69, 9.17) is 9.47 Å². The van der Waals surface area contributed by atoms with Crippen LogP contribution >= 0.6 is 0 Å². The van der Waals surface area contributed by atoms with E-state index in [1.807, 2.05) is 32.1 Å². The fraction of sp³-hybridized carbons (Fsp3) is 0.273. The molecule has 0 N–H and O–H groups in total. The first-order chi connectivity index (χ1) is 12.4. The van der Waals surface area contributed by atoms with Crippen molar-refractivity contribution in [1.29, 1.82) is 0 Å². The number of benzene rings is 1. The molecule has 0 saturated carbocycles. The minimum atomic E-state index is 0.00141. The number of methoxy groups -OCH3 is 2. The predicted molar refractivity (Wildman–Crippen MR) is 103 cm³/mol. The highest BCUT2D eigenvalue weighted by Crippen LogP contribution is 2.38. The lowest BCUT2D eigenvalue weighted by Crippen LogP contribution is -2.04. The van der Waals surface area contributed by atoms with Gasteiger partial charge in [0, 0.05) is 18.1 Å². The van der Waals surface area contributed by atoms with E-state index in [2.05, 4.69) is 24.0 Å². The third-order valence-electron chi connectivity index (χ3n) is 4.60. The quantitative estimate of drug-likeness (QED) is 0.766. The molecule has 0 fully saturated rings. The van der Waals surface area contributed by atoms with Crippen molar-refractivity contribution in [3.05, 3.63) is 69.6 Å². The van der Waals surface area contributed by atoms with E-state index < -0.39 is 0 Å². The number of pyridine rings is 1. The molecule has 3 rings (SSSR count). The number of carbonyl (C=O) groups excluding carboxylic acids is 1. The molecule has 1 aliphatic rings. The maximum Gasteiger partial charge on any atom is 0.213 e. The summed E-state index contributed by atoms with van der Waals surface area (Å²) in [6, 6.07) is 9.69. The number of allylic oxidation sites excluding steroid dienone is 2. The van der Waals surface area contributed by atoms with Gasteiger partial charge >= 0.3 is 0 Å². The summed E-state index contributed by atoms with van der Waals surface area (Å²) in [5.41, 5.74) is 6.36. The summed E-state index contributed by atoms with van der Waals surface area (Å²) < 4.78 is 10.7. The lowest BCUT2D eigenvalue weighted by molar-refractivity contribution is -0.110. The van der Waals surface area contributed by atoms with Crippen LogP contribution in [0, 0.1) is 20.8 Å². The van der Waals surface area contributed by atoms with Crippen molar-refractivity contribution in [3.63, 3.8) is 0 Å². The van der Waals surface area contributed by atoms with Crippen molar-refractivity contribution in [2.75, 3.05) is 14.2 Å². The predicted octanol–water partition coefficient (Wildman–Crippen LogP) is 4.43. The van der Waals surface area contributed by atoms with Crippen molar-refractivity contribution >= 4 is 17.4 Å². The number of ketones is 1. The van der Waals surface area contributed by atoms with Crippen molar-refractivity contribution < 1.29 is 14.3 Å². The van der Waals surface area contributed by atoms with Crippen LogP contribution in [0.4, 0.5) is 0 Å². The molecule has 2 aromatic rings. The first-order valence-corrected chi connectivity index (χ1v) is 8.56. The topological polar surface area (TPSA) is 48.4 Å². The van der Waals surface area contributed by atoms with Crippen molar-refractivity contribution in [3.8, 4) is 5.88 Å². The second kappa shape index (κ2) is 7.16. The van der Waals surface area contributed by atoms with Gasteiger partial charge in [0.05, 0.1) is 25.5 Å². The zero-order chi connectivity index (χ0) is 18.8. The third-order valence-corrected chi connectivity index (χ3v) is 4.60. The summed E-state index contributed by atoms with van der Waals surface area (Å²) in [7, 11) is 3.19. The van der Waals surface area contributed by atoms with Crippen LogP contribution in [0.1, 0.15) is 34.4 Å². The summed E-state index contributed by atoms with van der Waals surface area (Å²) >= 11 is 0. The first kappa shape index (κ1) is 17.9. The molecule has 0 saturated heterocycles. The van der Waals surface area contributed by atoms with E-state index in [1.165, 1.54) is 5.56 Å². The number of hydrogen-bond acceptors (Lipinski definition) is 4. The summed E-state index contributed by atoms with van der Waals surface area (Å²) in [6.45, 7) is 6.13. The van der Waals surface area contributed by atoms with Gasteiger partial charge in [-0.2, -0.15) is 0 Å². The van der Waals surface area contributed by atoms with Crippen LogP contribution in [-0.4, -0.2) is 25.0 Å². The Kier molecular flexibility index (Phi) is 4.94. The largest absolute Gasteiger partial charge is 0.500 e. The molecule has 0 radical (unpaired) electrons. The third kappa shape index (κ3) is 3.27. The van der Waals surface area contributed by atoms with E-state index in [0.29, 0.717) is 34.9 Å². The summed E-state index contributed by atoms with van der Waals surface area (Å²) in [5, 5.41) is 0. The molecule has 0 amide bonds. The SMILES string of the molecule is COC1=C(c2c(C)cc(C)cc2C)C(=O)C(=Cc2cccc(OC)n2)C1. The minimum Gasteiger partial charge on any atom is -0.500 e. The molecule has 4 heteroatoms. The molecule has 0 atom stereocenters. The monoisotopic (exact) mass is 349 g/mol. The summed E-state index contributed by atoms with van der Waals surface area (Å²) in [5.74, 6) is 1.23. The Bertz CT molecular complexity index is 915. The summed E-state index contributed by atoms with van der Waals surface area (Å²) in [6.07, 6.45) is 2.28. The van der Waals surface area contributed by atoms with Gasteiger partial charge in [0.15, 0.2) is 5.78 Å². The van der Waals surface area contributed by atoms with Crippen LogP contribution in [0.15, 0.2) is 41.7 Å². The van der Waals surface area contributed by atoms with Gasteiger partial charge < -0.3 is 9.47 Å². The maximum atomic E-state index is 13.2. The fourth-order valence-electron chi connectivity index (χ4n) is 3.55. The Morgan fingerprint density at radius 3 is 2.35 bits per heavy atom. The maximum absolute atomic E-state index is 13.2. The van der Waals surface area contributed by atoms with E-state index in [-0.39, 0.29) is 5.78 Å². The van der Waals surface area contributed by atoms with Crippen molar-refractivity contribution in [2.24, 2.45) is 0 Å². The van der Waals surface area contributed by atoms with Gasteiger partial charge in [-0.25, -0.2) is 4.98 Å². The number of aromatic nitrogens is 1. The van der Waals surface area contributed by atoms with Gasteiger partial charge in [-0.3, -0.25) is 4.79 Å². The van der Waals surface area contributed by atoms with E-state index >= 15 is 0 Å². The van der Waals surface area contributed by atoms with Crippen molar-refractivity contribution in [1.82, 2.24) is 4.98 Å². The van der Waals surface area contributed by atoms with Crippen LogP contribution in [0.3, 0.4) is 0 Å². The second-order valence-corrected chi connectivity index (χ2v) is 6.56. The van der Waals surface area contributed by atoms with E-state index in [1.54, 1.807) is 20.3 Å². The number of carbonyl (C=O) groups is 1. The molecule has 1 aromatic carbocycles. The second-order valence-electron chi connectivity index (χ2n) is 6.56. The Labute approximate surface area is 154 Å². The van der Waals surface area contributed by atoms with E-state index in [0.717, 1.165) is 16.7 Å². The van der Waals surface area contributed by atoms with Crippen LogP contribution in [0.25, 0.3) is 11.6 Å². The van der Waals surface area contributed by atoms with Gasteiger partial charge in [-0.15, -0.1) is 0 Å². The van der Waals surface area contributed by atoms with Crippen LogP contribution in [-0.2, 0) is 9.53 Å². The Morgan fingerprint density at radius 1 is 1.04 bits per heavy atom. The molecule has 26 heavy (non-hydrogen) atoms. The van der Waals surface area contributed by atoms with Gasteiger partial charge in [0.25, 0.3) is 0 Å². The highest BCUT2D eigenvalue weighted by atomic mass is 16.5. The lowest BCUT2D eigenvalue weighted by Gasteiger charge is -2.13. The van der Waals surface area contributed by atoms with Crippen LogP contribution < -0.4 is 4.74 Å². The Morgan fingerprint density at radius 2 is 1.73 bits per heavy atom. The number of Topliss-reactive ketones (excluding diaryl/α,β-unsaturated/α-hetero) is 1. The van der Waals surface area contributed by atoms with Crippen LogP contribution in [0.2, 0.25) is 0 Å². The molecule has 1 heterocycles. The molecule has 0 unspecified atom stereocenters. The number of rotatable bonds is 4. The lowest BCUT2D eigenvalue weighted by atomic mass is 9.92. The molecule has 1 aromatic heterocycles. The van der Waals surface area contributed by atoms with Gasteiger partial charge in [0.2, 0.25) is 5.88 Å². The molecule has 0 aliphatic heterocycles. The zero-order valence-electron chi connectivity index (χ0n) is 15.8. The average Bonchev–Trinajstić information content (AvgIpc) is 2.90. The van der Waals surface area contributed by atoms with Gasteiger partial charge in [0.1, 0.15) is 5.76 Å². The fourth-order valence-corrected chi connectivity index (χ4v) is 3.55. The van der Waals surface area contributed by atoms with Crippen molar-refractivity contribution in [2.45, 2.75) is 27.2 Å². The average molecular weight is 349 g/mol. The number of nitrogens with zero attached hydrogens (tertiary/aromatic N) is 1. The number of aryl methyl sites for hydroxylation is 3. The highest BCUT2D eigenvalue weighted by Gasteiger charge is 2.32. The first-order valence-electron chi connectivity index (χ1n) is 8.56. The molecular weight excluding hydrogens is 326 g/mol. The summed E-state index contributed by atoms with van der Waals surface area (Å²) in [4.78, 5) is 17.5. The Balaban J connectivity index is 2.05. The zero-order valence-corrected chi connectivity index (χ0v) is 15.8. The number of ether oxygens (including phenoxy) is 2. The molecule has 0 spiro atoms. The van der Waals surface area contributed by atoms with E-state index in [9.17, 15) is 4.79 Å².